The van der Waals surface area contributed by atoms with Crippen molar-refractivity contribution in [1.29, 1.82) is 0 Å². The summed E-state index contributed by atoms with van der Waals surface area (Å²) >= 11 is 0. The van der Waals surface area contributed by atoms with Crippen LogP contribution in [0.25, 0.3) is 0 Å². The fourth-order valence-electron chi connectivity index (χ4n) is 3.48. The normalized spacial score (nSPS) is 23.2. The van der Waals surface area contributed by atoms with Crippen LogP contribution in [0.2, 0.25) is 0 Å². The van der Waals surface area contributed by atoms with Gasteiger partial charge in [0.1, 0.15) is 5.67 Å². The zero-order valence-corrected chi connectivity index (χ0v) is 14.9. The van der Waals surface area contributed by atoms with E-state index in [1.807, 2.05) is 12.1 Å². The van der Waals surface area contributed by atoms with Crippen molar-refractivity contribution in [2.75, 3.05) is 19.6 Å². The smallest absolute Gasteiger partial charge is 0.274 e. The Morgan fingerprint density at radius 3 is 2.25 bits per heavy atom. The summed E-state index contributed by atoms with van der Waals surface area (Å²) in [6, 6.07) is 7.88. The molecule has 134 valence electrons. The van der Waals surface area contributed by atoms with Gasteiger partial charge < -0.3 is 0 Å². The lowest BCUT2D eigenvalue weighted by Crippen LogP contribution is -2.57. The van der Waals surface area contributed by atoms with Gasteiger partial charge >= 0.3 is 0 Å². The van der Waals surface area contributed by atoms with Crippen LogP contribution in [0.1, 0.15) is 43.6 Å². The zero-order valence-electron chi connectivity index (χ0n) is 14.9. The van der Waals surface area contributed by atoms with Gasteiger partial charge in [-0.15, -0.1) is 0 Å². The second-order valence-corrected chi connectivity index (χ2v) is 7.42. The predicted molar refractivity (Wildman–Crippen MR) is 91.8 cm³/mol. The minimum atomic E-state index is -1.18. The number of hydrogen-bond donors (Lipinski definition) is 2. The van der Waals surface area contributed by atoms with Crippen LogP contribution in [-0.2, 0) is 6.54 Å². The number of hydroxylamine groups is 1. The highest BCUT2D eigenvalue weighted by molar-refractivity contribution is 5.93. The van der Waals surface area contributed by atoms with Crippen molar-refractivity contribution in [3.8, 4) is 0 Å². The number of rotatable bonds is 5. The summed E-state index contributed by atoms with van der Waals surface area (Å²) in [6.45, 7) is 10.5. The average Bonchev–Trinajstić information content (AvgIpc) is 2.49. The van der Waals surface area contributed by atoms with Crippen molar-refractivity contribution in [2.45, 2.75) is 52.0 Å². The Hall–Kier alpha value is -1.50. The summed E-state index contributed by atoms with van der Waals surface area (Å²) in [5.41, 5.74) is 2.00. The second-order valence-electron chi connectivity index (χ2n) is 7.42. The Morgan fingerprint density at radius 1 is 1.25 bits per heavy atom. The van der Waals surface area contributed by atoms with Gasteiger partial charge in [-0.05, 0) is 45.4 Å². The third-order valence-electron chi connectivity index (χ3n) is 4.46. The van der Waals surface area contributed by atoms with Crippen LogP contribution in [-0.4, -0.2) is 58.3 Å². The highest BCUT2D eigenvalue weighted by atomic mass is 19.1. The molecule has 2 atom stereocenters. The maximum atomic E-state index is 13.9. The molecule has 1 aromatic rings. The molecule has 6 heteroatoms. The van der Waals surface area contributed by atoms with E-state index in [1.165, 1.54) is 0 Å². The first-order valence-electron chi connectivity index (χ1n) is 8.40. The number of benzene rings is 1. The molecule has 0 aromatic heterocycles. The maximum Gasteiger partial charge on any atom is 0.274 e. The van der Waals surface area contributed by atoms with Crippen LogP contribution < -0.4 is 5.48 Å². The molecule has 0 bridgehead atoms. The van der Waals surface area contributed by atoms with Gasteiger partial charge in [0.15, 0.2) is 0 Å². The van der Waals surface area contributed by atoms with Crippen LogP contribution in [0.15, 0.2) is 24.3 Å². The van der Waals surface area contributed by atoms with Crippen LogP contribution in [0, 0.1) is 0 Å². The number of halogens is 1. The van der Waals surface area contributed by atoms with Crippen molar-refractivity contribution >= 4 is 5.91 Å². The molecule has 1 aliphatic heterocycles. The SMILES string of the molecule is C[C@@H]1CN(CC(C)(C)F)C[C@H](C)N1Cc1ccc(C(=O)NO)cc1. The van der Waals surface area contributed by atoms with Crippen LogP contribution in [0.3, 0.4) is 0 Å². The minimum absolute atomic E-state index is 0.330. The highest BCUT2D eigenvalue weighted by Crippen LogP contribution is 2.21. The van der Waals surface area contributed by atoms with E-state index in [-0.39, 0.29) is 0 Å². The van der Waals surface area contributed by atoms with Gasteiger partial charge in [-0.25, -0.2) is 9.87 Å². The van der Waals surface area contributed by atoms with Crippen LogP contribution >= 0.6 is 0 Å². The largest absolute Gasteiger partial charge is 0.297 e. The van der Waals surface area contributed by atoms with E-state index in [1.54, 1.807) is 31.5 Å². The summed E-state index contributed by atoms with van der Waals surface area (Å²) < 4.78 is 13.9. The molecule has 2 N–H and O–H groups in total. The summed E-state index contributed by atoms with van der Waals surface area (Å²) in [4.78, 5) is 16.0. The zero-order chi connectivity index (χ0) is 17.9. The molecule has 1 saturated heterocycles. The first-order chi connectivity index (χ1) is 11.2. The standard InChI is InChI=1S/C18H28FN3O2/c1-13-9-21(12-18(3,4)19)10-14(2)22(13)11-15-5-7-16(8-6-15)17(23)20-24/h5-8,13-14,24H,9-12H2,1-4H3,(H,20,23)/t13-,14+. The van der Waals surface area contributed by atoms with E-state index in [0.717, 1.165) is 25.2 Å². The van der Waals surface area contributed by atoms with E-state index in [9.17, 15) is 9.18 Å². The van der Waals surface area contributed by atoms with Gasteiger partial charge in [0.2, 0.25) is 0 Å². The van der Waals surface area contributed by atoms with Crippen molar-refractivity contribution in [3.63, 3.8) is 0 Å². The van der Waals surface area contributed by atoms with Gasteiger partial charge in [-0.1, -0.05) is 12.1 Å². The Morgan fingerprint density at radius 2 is 1.79 bits per heavy atom. The fraction of sp³-hybridized carbons (Fsp3) is 0.611. The van der Waals surface area contributed by atoms with E-state index < -0.39 is 11.6 Å². The van der Waals surface area contributed by atoms with Crippen LogP contribution in [0.5, 0.6) is 0 Å². The summed E-state index contributed by atoms with van der Waals surface area (Å²) in [5, 5.41) is 8.65. The molecular formula is C18H28FN3O2. The van der Waals surface area contributed by atoms with Crippen molar-refractivity contribution in [2.24, 2.45) is 0 Å². The summed E-state index contributed by atoms with van der Waals surface area (Å²) in [7, 11) is 0. The number of carbonyl (C=O) groups excluding carboxylic acids is 1. The Bertz CT molecular complexity index is 544. The lowest BCUT2D eigenvalue weighted by atomic mass is 10.0. The average molecular weight is 337 g/mol. The number of alkyl halides is 1. The quantitative estimate of drug-likeness (QED) is 0.640. The molecule has 2 rings (SSSR count). The number of nitrogens with one attached hydrogen (secondary N) is 1. The molecule has 1 aliphatic rings. The van der Waals surface area contributed by atoms with Gasteiger partial charge in [0, 0.05) is 43.8 Å². The number of carbonyl (C=O) groups is 1. The van der Waals surface area contributed by atoms with Gasteiger partial charge in [0.05, 0.1) is 0 Å². The number of nitrogens with zero attached hydrogens (tertiary/aromatic N) is 2. The number of piperazine rings is 1. The van der Waals surface area contributed by atoms with E-state index >= 15 is 0 Å². The Kier molecular flexibility index (Phi) is 5.96. The van der Waals surface area contributed by atoms with Crippen molar-refractivity contribution < 1.29 is 14.4 Å². The molecule has 1 aromatic carbocycles. The van der Waals surface area contributed by atoms with E-state index in [4.69, 9.17) is 5.21 Å². The first-order valence-corrected chi connectivity index (χ1v) is 8.40. The minimum Gasteiger partial charge on any atom is -0.297 e. The molecule has 0 radical (unpaired) electrons. The second kappa shape index (κ2) is 7.59. The van der Waals surface area contributed by atoms with E-state index in [0.29, 0.717) is 24.2 Å². The number of hydrogen-bond acceptors (Lipinski definition) is 4. The van der Waals surface area contributed by atoms with Gasteiger partial charge in [-0.3, -0.25) is 19.8 Å². The highest BCUT2D eigenvalue weighted by Gasteiger charge is 2.32. The van der Waals surface area contributed by atoms with Gasteiger partial charge in [0.25, 0.3) is 5.91 Å². The van der Waals surface area contributed by atoms with E-state index in [2.05, 4.69) is 23.6 Å². The van der Waals surface area contributed by atoms with Gasteiger partial charge in [-0.2, -0.15) is 0 Å². The molecule has 1 fully saturated rings. The number of amides is 1. The summed E-state index contributed by atoms with van der Waals surface area (Å²) in [5.74, 6) is -0.509. The Balaban J connectivity index is 1.99. The lowest BCUT2D eigenvalue weighted by Gasteiger charge is -2.45. The first kappa shape index (κ1) is 18.8. The molecule has 24 heavy (non-hydrogen) atoms. The van der Waals surface area contributed by atoms with Crippen molar-refractivity contribution in [1.82, 2.24) is 15.3 Å². The molecular weight excluding hydrogens is 309 g/mol. The molecule has 1 amide bonds. The van der Waals surface area contributed by atoms with Crippen molar-refractivity contribution in [3.05, 3.63) is 35.4 Å². The predicted octanol–water partition coefficient (Wildman–Crippen LogP) is 2.45. The maximum absolute atomic E-state index is 13.9. The monoisotopic (exact) mass is 337 g/mol. The third kappa shape index (κ3) is 5.00. The molecule has 1 heterocycles. The fourth-order valence-corrected chi connectivity index (χ4v) is 3.48. The Labute approximate surface area is 143 Å². The molecule has 0 saturated carbocycles. The molecule has 5 nitrogen and oxygen atoms in total. The summed E-state index contributed by atoms with van der Waals surface area (Å²) in [6.07, 6.45) is 0. The topological polar surface area (TPSA) is 55.8 Å². The molecule has 0 aliphatic carbocycles. The lowest BCUT2D eigenvalue weighted by molar-refractivity contribution is 0.00887. The third-order valence-corrected chi connectivity index (χ3v) is 4.46. The molecule has 0 spiro atoms. The molecule has 0 unspecified atom stereocenters. The van der Waals surface area contributed by atoms with Crippen LogP contribution in [0.4, 0.5) is 4.39 Å².